The van der Waals surface area contributed by atoms with E-state index in [0.717, 1.165) is 11.3 Å². The number of imidazole rings is 1. The van der Waals surface area contributed by atoms with E-state index >= 15 is 0 Å². The Balaban J connectivity index is 2.61. The molecule has 2 aromatic rings. The summed E-state index contributed by atoms with van der Waals surface area (Å²) in [5.74, 6) is 0.422. The van der Waals surface area contributed by atoms with Gasteiger partial charge in [0, 0.05) is 12.4 Å². The van der Waals surface area contributed by atoms with E-state index < -0.39 is 0 Å². The zero-order valence-corrected chi connectivity index (χ0v) is 8.23. The minimum atomic E-state index is 0.422. The standard InChI is InChI=1S/C11H11N3/c1-8(2)10-7-14-6-9(12-3)4-5-11(14)13-10/h4-8H,1-2H3. The molecule has 0 aliphatic rings. The second-order valence-corrected chi connectivity index (χ2v) is 3.59. The van der Waals surface area contributed by atoms with Crippen molar-refractivity contribution in [2.24, 2.45) is 0 Å². The van der Waals surface area contributed by atoms with Crippen LogP contribution >= 0.6 is 0 Å². The molecular weight excluding hydrogens is 174 g/mol. The number of nitrogens with zero attached hydrogens (tertiary/aromatic N) is 3. The van der Waals surface area contributed by atoms with Crippen LogP contribution in [0.1, 0.15) is 25.5 Å². The second-order valence-electron chi connectivity index (χ2n) is 3.59. The molecule has 2 aromatic heterocycles. The molecule has 3 nitrogen and oxygen atoms in total. The normalized spacial score (nSPS) is 10.7. The first-order chi connectivity index (χ1) is 6.70. The number of rotatable bonds is 1. The summed E-state index contributed by atoms with van der Waals surface area (Å²) in [5.41, 5.74) is 2.61. The van der Waals surface area contributed by atoms with Crippen molar-refractivity contribution in [2.75, 3.05) is 0 Å². The Bertz CT molecular complexity index is 503. The van der Waals surface area contributed by atoms with E-state index in [9.17, 15) is 0 Å². The van der Waals surface area contributed by atoms with Gasteiger partial charge in [-0.3, -0.25) is 0 Å². The first-order valence-electron chi connectivity index (χ1n) is 4.57. The van der Waals surface area contributed by atoms with Gasteiger partial charge in [-0.25, -0.2) is 9.83 Å². The van der Waals surface area contributed by atoms with Crippen molar-refractivity contribution in [3.63, 3.8) is 0 Å². The quantitative estimate of drug-likeness (QED) is 0.626. The molecule has 0 aromatic carbocycles. The summed E-state index contributed by atoms with van der Waals surface area (Å²) < 4.78 is 1.91. The molecule has 14 heavy (non-hydrogen) atoms. The maximum Gasteiger partial charge on any atom is 0.203 e. The second kappa shape index (κ2) is 3.15. The summed E-state index contributed by atoms with van der Waals surface area (Å²) in [6.07, 6.45) is 3.79. The van der Waals surface area contributed by atoms with Crippen molar-refractivity contribution in [3.8, 4) is 0 Å². The SMILES string of the molecule is [C-]#[N+]c1ccc2nc(C(C)C)cn2c1. The maximum atomic E-state index is 6.90. The predicted octanol–water partition coefficient (Wildman–Crippen LogP) is 3.01. The molecule has 0 saturated heterocycles. The highest BCUT2D eigenvalue weighted by molar-refractivity contribution is 5.51. The third-order valence-corrected chi connectivity index (χ3v) is 2.17. The van der Waals surface area contributed by atoms with Crippen molar-refractivity contribution in [3.05, 3.63) is 41.6 Å². The van der Waals surface area contributed by atoms with Crippen LogP contribution in [0.25, 0.3) is 10.5 Å². The van der Waals surface area contributed by atoms with Gasteiger partial charge in [-0.1, -0.05) is 19.9 Å². The van der Waals surface area contributed by atoms with Crippen LogP contribution in [-0.2, 0) is 0 Å². The van der Waals surface area contributed by atoms with Crippen molar-refractivity contribution in [1.29, 1.82) is 0 Å². The van der Waals surface area contributed by atoms with Gasteiger partial charge in [0.2, 0.25) is 5.69 Å². The number of hydrogen-bond donors (Lipinski definition) is 0. The molecule has 0 N–H and O–H groups in total. The monoisotopic (exact) mass is 185 g/mol. The van der Waals surface area contributed by atoms with Crippen molar-refractivity contribution in [1.82, 2.24) is 9.38 Å². The summed E-state index contributed by atoms with van der Waals surface area (Å²) in [4.78, 5) is 7.82. The van der Waals surface area contributed by atoms with Crippen molar-refractivity contribution < 1.29 is 0 Å². The lowest BCUT2D eigenvalue weighted by molar-refractivity contribution is 0.834. The highest BCUT2D eigenvalue weighted by Gasteiger charge is 2.05. The molecule has 0 radical (unpaired) electrons. The molecule has 0 aliphatic carbocycles. The van der Waals surface area contributed by atoms with Gasteiger partial charge in [0.05, 0.1) is 12.3 Å². The predicted molar refractivity (Wildman–Crippen MR) is 55.5 cm³/mol. The summed E-state index contributed by atoms with van der Waals surface area (Å²) >= 11 is 0. The molecule has 0 fully saturated rings. The van der Waals surface area contributed by atoms with E-state index in [-0.39, 0.29) is 0 Å². The first-order valence-corrected chi connectivity index (χ1v) is 4.57. The largest absolute Gasteiger partial charge is 0.317 e. The summed E-state index contributed by atoms with van der Waals surface area (Å²) in [6, 6.07) is 3.67. The van der Waals surface area contributed by atoms with Gasteiger partial charge >= 0.3 is 0 Å². The van der Waals surface area contributed by atoms with Gasteiger partial charge in [0.1, 0.15) is 5.65 Å². The van der Waals surface area contributed by atoms with E-state index in [1.54, 1.807) is 12.3 Å². The van der Waals surface area contributed by atoms with Gasteiger partial charge in [0.15, 0.2) is 0 Å². The topological polar surface area (TPSA) is 21.7 Å². The van der Waals surface area contributed by atoms with Gasteiger partial charge in [-0.2, -0.15) is 0 Å². The van der Waals surface area contributed by atoms with Crippen LogP contribution in [0, 0.1) is 6.57 Å². The zero-order chi connectivity index (χ0) is 10.1. The van der Waals surface area contributed by atoms with Crippen LogP contribution in [0.5, 0.6) is 0 Å². The van der Waals surface area contributed by atoms with Crippen LogP contribution in [0.15, 0.2) is 24.5 Å². The highest BCUT2D eigenvalue weighted by atomic mass is 15.0. The lowest BCUT2D eigenvalue weighted by Crippen LogP contribution is -1.84. The van der Waals surface area contributed by atoms with Crippen LogP contribution in [0.4, 0.5) is 5.69 Å². The zero-order valence-electron chi connectivity index (χ0n) is 8.23. The Hall–Kier alpha value is -1.82. The fourth-order valence-corrected chi connectivity index (χ4v) is 1.34. The molecule has 0 aliphatic heterocycles. The molecule has 2 rings (SSSR count). The molecule has 0 spiro atoms. The molecule has 3 heteroatoms. The summed E-state index contributed by atoms with van der Waals surface area (Å²) in [5, 5.41) is 0. The average molecular weight is 185 g/mol. The minimum Gasteiger partial charge on any atom is -0.317 e. The van der Waals surface area contributed by atoms with Crippen LogP contribution in [-0.4, -0.2) is 9.38 Å². The summed E-state index contributed by atoms with van der Waals surface area (Å²) in [7, 11) is 0. The van der Waals surface area contributed by atoms with Gasteiger partial charge in [-0.15, -0.1) is 0 Å². The average Bonchev–Trinajstić information content (AvgIpc) is 2.59. The Morgan fingerprint density at radius 1 is 1.36 bits per heavy atom. The Morgan fingerprint density at radius 3 is 2.79 bits per heavy atom. The summed E-state index contributed by atoms with van der Waals surface area (Å²) in [6.45, 7) is 11.1. The molecule has 0 unspecified atom stereocenters. The molecule has 2 heterocycles. The molecule has 0 saturated carbocycles. The first kappa shape index (κ1) is 8.76. The minimum absolute atomic E-state index is 0.422. The molecule has 70 valence electrons. The third-order valence-electron chi connectivity index (χ3n) is 2.17. The number of hydrogen-bond acceptors (Lipinski definition) is 1. The smallest absolute Gasteiger partial charge is 0.203 e. The fourth-order valence-electron chi connectivity index (χ4n) is 1.34. The lowest BCUT2D eigenvalue weighted by atomic mass is 10.2. The molecular formula is C11H11N3. The van der Waals surface area contributed by atoms with Crippen molar-refractivity contribution >= 4 is 11.3 Å². The number of aromatic nitrogens is 2. The van der Waals surface area contributed by atoms with Gasteiger partial charge in [0.25, 0.3) is 0 Å². The Labute approximate surface area is 82.8 Å². The molecule has 0 atom stereocenters. The van der Waals surface area contributed by atoms with E-state index in [2.05, 4.69) is 23.7 Å². The Morgan fingerprint density at radius 2 is 2.14 bits per heavy atom. The third kappa shape index (κ3) is 1.35. The van der Waals surface area contributed by atoms with Crippen LogP contribution < -0.4 is 0 Å². The van der Waals surface area contributed by atoms with Crippen LogP contribution in [0.2, 0.25) is 0 Å². The number of fused-ring (bicyclic) bond motifs is 1. The van der Waals surface area contributed by atoms with E-state index in [0.29, 0.717) is 11.6 Å². The highest BCUT2D eigenvalue weighted by Crippen LogP contribution is 2.17. The lowest BCUT2D eigenvalue weighted by Gasteiger charge is -1.94. The van der Waals surface area contributed by atoms with Crippen LogP contribution in [0.3, 0.4) is 0 Å². The van der Waals surface area contributed by atoms with Gasteiger partial charge in [-0.05, 0) is 12.0 Å². The van der Waals surface area contributed by atoms with Crippen molar-refractivity contribution in [2.45, 2.75) is 19.8 Å². The van der Waals surface area contributed by atoms with E-state index in [4.69, 9.17) is 6.57 Å². The van der Waals surface area contributed by atoms with Gasteiger partial charge < -0.3 is 4.40 Å². The number of pyridine rings is 1. The fraction of sp³-hybridized carbons (Fsp3) is 0.273. The molecule has 0 bridgehead atoms. The maximum absolute atomic E-state index is 6.90. The van der Waals surface area contributed by atoms with E-state index in [1.165, 1.54) is 0 Å². The van der Waals surface area contributed by atoms with E-state index in [1.807, 2.05) is 16.7 Å². The Kier molecular flexibility index (Phi) is 1.97. The molecule has 0 amide bonds.